The molecular weight excluding hydrogens is 431 g/mol. The van der Waals surface area contributed by atoms with Gasteiger partial charge in [0.1, 0.15) is 22.9 Å². The van der Waals surface area contributed by atoms with E-state index >= 15 is 0 Å². The van der Waals surface area contributed by atoms with Crippen molar-refractivity contribution in [3.05, 3.63) is 82.1 Å². The number of anilines is 1. The quantitative estimate of drug-likeness (QED) is 0.586. The van der Waals surface area contributed by atoms with Crippen LogP contribution in [-0.4, -0.2) is 14.3 Å². The third-order valence-corrected chi connectivity index (χ3v) is 5.41. The van der Waals surface area contributed by atoms with E-state index < -0.39 is 21.7 Å². The first-order chi connectivity index (χ1) is 14.0. The van der Waals surface area contributed by atoms with Crippen molar-refractivity contribution in [3.63, 3.8) is 0 Å². The maximum atomic E-state index is 13.4. The van der Waals surface area contributed by atoms with Gasteiger partial charge in [0.25, 0.3) is 5.91 Å². The normalized spacial score (nSPS) is 11.2. The van der Waals surface area contributed by atoms with Crippen LogP contribution >= 0.6 is 11.6 Å². The minimum atomic E-state index is -3.93. The number of aryl methyl sites for hydroxylation is 2. The molecule has 0 spiro atoms. The van der Waals surface area contributed by atoms with Gasteiger partial charge in [-0.1, -0.05) is 17.7 Å². The Morgan fingerprint density at radius 3 is 2.47 bits per heavy atom. The molecule has 1 amide bonds. The maximum Gasteiger partial charge on any atom is 0.260 e. The Morgan fingerprint density at radius 1 is 1.07 bits per heavy atom. The van der Waals surface area contributed by atoms with Crippen LogP contribution in [0.2, 0.25) is 5.02 Å². The fraction of sp³-hybridized carbons (Fsp3) is 0.0952. The molecule has 0 unspecified atom stereocenters. The van der Waals surface area contributed by atoms with Crippen LogP contribution in [0.3, 0.4) is 0 Å². The number of primary sulfonamides is 1. The molecule has 3 N–H and O–H groups in total. The molecule has 0 atom stereocenters. The lowest BCUT2D eigenvalue weighted by atomic mass is 10.1. The summed E-state index contributed by atoms with van der Waals surface area (Å²) in [6, 6.07) is 12.8. The van der Waals surface area contributed by atoms with Crippen LogP contribution in [0.15, 0.2) is 59.5 Å². The molecule has 0 radical (unpaired) electrons. The third-order valence-electron chi connectivity index (χ3n) is 4.20. The summed E-state index contributed by atoms with van der Waals surface area (Å²) >= 11 is 6.31. The zero-order chi connectivity index (χ0) is 22.1. The van der Waals surface area contributed by atoms with E-state index in [-0.39, 0.29) is 26.9 Å². The van der Waals surface area contributed by atoms with Crippen LogP contribution in [0.25, 0.3) is 0 Å². The molecule has 6 nitrogen and oxygen atoms in total. The van der Waals surface area contributed by atoms with E-state index in [2.05, 4.69) is 5.32 Å². The van der Waals surface area contributed by atoms with Gasteiger partial charge < -0.3 is 10.1 Å². The highest BCUT2D eigenvalue weighted by molar-refractivity contribution is 7.89. The first-order valence-corrected chi connectivity index (χ1v) is 10.7. The Balaban J connectivity index is 1.98. The zero-order valence-electron chi connectivity index (χ0n) is 16.1. The van der Waals surface area contributed by atoms with Gasteiger partial charge in [-0.25, -0.2) is 17.9 Å². The molecule has 0 aromatic heterocycles. The minimum absolute atomic E-state index is 0.0481. The van der Waals surface area contributed by atoms with E-state index in [4.69, 9.17) is 21.5 Å². The topological polar surface area (TPSA) is 98.5 Å². The lowest BCUT2D eigenvalue weighted by molar-refractivity contribution is 0.102. The van der Waals surface area contributed by atoms with Crippen molar-refractivity contribution in [3.8, 4) is 11.5 Å². The van der Waals surface area contributed by atoms with Gasteiger partial charge in [-0.2, -0.15) is 0 Å². The number of nitrogens with one attached hydrogen (secondary N) is 1. The number of sulfonamides is 1. The second kappa shape index (κ2) is 8.43. The summed E-state index contributed by atoms with van der Waals surface area (Å²) in [6.07, 6.45) is 0. The Hall–Kier alpha value is -2.94. The maximum absolute atomic E-state index is 13.4. The highest BCUT2D eigenvalue weighted by Gasteiger charge is 2.20. The number of hydrogen-bond acceptors (Lipinski definition) is 4. The molecule has 0 bridgehead atoms. The summed E-state index contributed by atoms with van der Waals surface area (Å²) in [4.78, 5) is 12.8. The number of nitrogens with two attached hydrogens (primary N) is 1. The SMILES string of the molecule is Cc1cc(Cl)c(C(=O)Nc2cccc(S(N)(=O)=O)c2)c(Oc2ccc(F)cc2C)c1. The summed E-state index contributed by atoms with van der Waals surface area (Å²) in [5.41, 5.74) is 1.56. The molecule has 0 fully saturated rings. The van der Waals surface area contributed by atoms with Crippen LogP contribution in [0.1, 0.15) is 21.5 Å². The number of carbonyl (C=O) groups excluding carboxylic acids is 1. The van der Waals surface area contributed by atoms with E-state index in [1.165, 1.54) is 42.5 Å². The molecule has 3 rings (SSSR count). The van der Waals surface area contributed by atoms with Crippen LogP contribution in [0, 0.1) is 19.7 Å². The van der Waals surface area contributed by atoms with Crippen LogP contribution in [0.5, 0.6) is 11.5 Å². The van der Waals surface area contributed by atoms with Crippen molar-refractivity contribution >= 4 is 33.2 Å². The number of rotatable bonds is 5. The van der Waals surface area contributed by atoms with E-state index in [1.54, 1.807) is 26.0 Å². The molecule has 0 aliphatic rings. The van der Waals surface area contributed by atoms with Crippen molar-refractivity contribution in [2.45, 2.75) is 18.7 Å². The Morgan fingerprint density at radius 2 is 1.80 bits per heavy atom. The first-order valence-electron chi connectivity index (χ1n) is 8.73. The van der Waals surface area contributed by atoms with Gasteiger partial charge in [-0.05, 0) is 73.5 Å². The summed E-state index contributed by atoms with van der Waals surface area (Å²) in [5.74, 6) is -0.477. The first kappa shape index (κ1) is 21.8. The molecule has 9 heteroatoms. The van der Waals surface area contributed by atoms with Gasteiger partial charge in [0.2, 0.25) is 10.0 Å². The van der Waals surface area contributed by atoms with Gasteiger partial charge in [-0.15, -0.1) is 0 Å². The van der Waals surface area contributed by atoms with Gasteiger partial charge in [0, 0.05) is 5.69 Å². The van der Waals surface area contributed by atoms with Crippen LogP contribution < -0.4 is 15.2 Å². The highest BCUT2D eigenvalue weighted by Crippen LogP contribution is 2.34. The number of amides is 1. The fourth-order valence-electron chi connectivity index (χ4n) is 2.80. The summed E-state index contributed by atoms with van der Waals surface area (Å²) in [7, 11) is -3.93. The second-order valence-electron chi connectivity index (χ2n) is 6.66. The number of ether oxygens (including phenoxy) is 1. The molecule has 3 aromatic carbocycles. The standard InChI is InChI=1S/C21H18ClFN2O4S/c1-12-8-17(22)20(19(9-12)29-18-7-6-14(23)10-13(18)2)21(26)25-15-4-3-5-16(11-15)30(24,27)28/h3-11H,1-2H3,(H,25,26)(H2,24,27,28). The Kier molecular flexibility index (Phi) is 6.12. The van der Waals surface area contributed by atoms with Crippen LogP contribution in [-0.2, 0) is 10.0 Å². The summed E-state index contributed by atoms with van der Waals surface area (Å²) in [6.45, 7) is 3.46. The number of benzene rings is 3. The van der Waals surface area contributed by atoms with E-state index in [0.29, 0.717) is 11.3 Å². The predicted octanol–water partition coefficient (Wildman–Crippen LogP) is 4.79. The van der Waals surface area contributed by atoms with E-state index in [1.807, 2.05) is 0 Å². The molecule has 0 saturated heterocycles. The lowest BCUT2D eigenvalue weighted by Gasteiger charge is -2.15. The largest absolute Gasteiger partial charge is 0.456 e. The monoisotopic (exact) mass is 448 g/mol. The summed E-state index contributed by atoms with van der Waals surface area (Å²) < 4.78 is 42.3. The van der Waals surface area contributed by atoms with E-state index in [0.717, 1.165) is 5.56 Å². The van der Waals surface area contributed by atoms with Gasteiger partial charge in [-0.3, -0.25) is 4.79 Å². The lowest BCUT2D eigenvalue weighted by Crippen LogP contribution is -2.16. The second-order valence-corrected chi connectivity index (χ2v) is 8.63. The van der Waals surface area contributed by atoms with Gasteiger partial charge in [0.05, 0.1) is 9.92 Å². The average molecular weight is 449 g/mol. The van der Waals surface area contributed by atoms with Crippen LogP contribution in [0.4, 0.5) is 10.1 Å². The number of halogens is 2. The third kappa shape index (κ3) is 4.96. The zero-order valence-corrected chi connectivity index (χ0v) is 17.6. The van der Waals surface area contributed by atoms with Crippen molar-refractivity contribution in [2.75, 3.05) is 5.32 Å². The Bertz CT molecular complexity index is 1250. The fourth-order valence-corrected chi connectivity index (χ4v) is 3.71. The molecule has 0 aliphatic carbocycles. The molecule has 156 valence electrons. The molecule has 30 heavy (non-hydrogen) atoms. The molecule has 0 heterocycles. The molecule has 0 aliphatic heterocycles. The van der Waals surface area contributed by atoms with Gasteiger partial charge >= 0.3 is 0 Å². The average Bonchev–Trinajstić information content (AvgIpc) is 2.63. The molecule has 3 aromatic rings. The van der Waals surface area contributed by atoms with E-state index in [9.17, 15) is 17.6 Å². The Labute approximate surface area is 178 Å². The molecule has 0 saturated carbocycles. The predicted molar refractivity (Wildman–Crippen MR) is 113 cm³/mol. The highest BCUT2D eigenvalue weighted by atomic mass is 35.5. The van der Waals surface area contributed by atoms with Crippen molar-refractivity contribution < 1.29 is 22.3 Å². The smallest absolute Gasteiger partial charge is 0.260 e. The minimum Gasteiger partial charge on any atom is -0.456 e. The number of carbonyl (C=O) groups is 1. The van der Waals surface area contributed by atoms with Crippen molar-refractivity contribution in [2.24, 2.45) is 5.14 Å². The van der Waals surface area contributed by atoms with Crippen molar-refractivity contribution in [1.29, 1.82) is 0 Å². The molecular formula is C21H18ClFN2O4S. The number of hydrogen-bond donors (Lipinski definition) is 2. The summed E-state index contributed by atoms with van der Waals surface area (Å²) in [5, 5.41) is 7.88. The van der Waals surface area contributed by atoms with Gasteiger partial charge in [0.15, 0.2) is 0 Å². The van der Waals surface area contributed by atoms with Crippen molar-refractivity contribution in [1.82, 2.24) is 0 Å².